The van der Waals surface area contributed by atoms with Gasteiger partial charge in [0.1, 0.15) is 0 Å². The number of carbonyl (C=O) groups excluding carboxylic acids is 2. The molecule has 3 aromatic carbocycles. The number of nitrogens with zero attached hydrogens (tertiary/aromatic N) is 1. The number of Topliss-reactive ketones (excluding diaryl/α,β-unsaturated/α-hetero) is 2. The lowest BCUT2D eigenvalue weighted by Crippen LogP contribution is -2.37. The lowest BCUT2D eigenvalue weighted by molar-refractivity contribution is -0.156. The van der Waals surface area contributed by atoms with E-state index >= 15 is 0 Å². The van der Waals surface area contributed by atoms with Gasteiger partial charge >= 0.3 is 23.9 Å². The minimum Gasteiger partial charge on any atom is -0.481 e. The van der Waals surface area contributed by atoms with E-state index in [9.17, 15) is 49.2 Å². The van der Waals surface area contributed by atoms with Crippen LogP contribution in [0.3, 0.4) is 0 Å². The maximum atomic E-state index is 13.8. The molecule has 0 bridgehead atoms. The summed E-state index contributed by atoms with van der Waals surface area (Å²) in [4.78, 5) is 79.5. The molecular weight excluding hydrogens is 666 g/mol. The van der Waals surface area contributed by atoms with Crippen LogP contribution in [0.25, 0.3) is 33.6 Å². The van der Waals surface area contributed by atoms with Crippen molar-refractivity contribution < 1.29 is 49.2 Å². The van der Waals surface area contributed by atoms with Crippen molar-refractivity contribution >= 4 is 35.4 Å². The van der Waals surface area contributed by atoms with Crippen molar-refractivity contribution in [2.45, 2.75) is 38.5 Å². The summed E-state index contributed by atoms with van der Waals surface area (Å²) in [6, 6.07) is 27.1. The standard InChI is InChI=1S/C41H37NO10/c43-36(27-12-14-30(38(45)46)32(20-27)40(49)50)25-10-4-8-23(18-25)34-17-16-29(22-6-2-1-3-7-22)35(42-34)24-9-5-11-26(19-24)37(44)28-13-15-31(39(47)48)33(21-28)41(51)52/h1-11,16-19,27-28,30-33H,12-15,20-21H2,(H,45,46)(H,47,48)(H,49,50)(H,51,52). The van der Waals surface area contributed by atoms with Gasteiger partial charge in [-0.1, -0.05) is 72.8 Å². The van der Waals surface area contributed by atoms with Gasteiger partial charge in [0.25, 0.3) is 0 Å². The highest BCUT2D eigenvalue weighted by Gasteiger charge is 2.43. The Morgan fingerprint density at radius 1 is 0.481 bits per heavy atom. The predicted molar refractivity (Wildman–Crippen MR) is 188 cm³/mol. The summed E-state index contributed by atoms with van der Waals surface area (Å²) >= 11 is 0. The Labute approximate surface area is 299 Å². The number of carboxylic acids is 4. The van der Waals surface area contributed by atoms with E-state index in [0.717, 1.165) is 11.1 Å². The summed E-state index contributed by atoms with van der Waals surface area (Å²) in [7, 11) is 0. The van der Waals surface area contributed by atoms with Gasteiger partial charge in [-0.25, -0.2) is 4.98 Å². The summed E-state index contributed by atoms with van der Waals surface area (Å²) in [5, 5.41) is 38.4. The zero-order chi connectivity index (χ0) is 37.1. The van der Waals surface area contributed by atoms with Gasteiger partial charge in [-0.15, -0.1) is 0 Å². The largest absolute Gasteiger partial charge is 0.481 e. The zero-order valence-electron chi connectivity index (χ0n) is 28.1. The van der Waals surface area contributed by atoms with Crippen molar-refractivity contribution in [1.82, 2.24) is 4.98 Å². The molecule has 0 aliphatic heterocycles. The van der Waals surface area contributed by atoms with Gasteiger partial charge in [0, 0.05) is 39.7 Å². The van der Waals surface area contributed by atoms with Crippen molar-refractivity contribution in [3.05, 3.63) is 102 Å². The number of ketones is 2. The number of carbonyl (C=O) groups is 6. The van der Waals surface area contributed by atoms with Gasteiger partial charge in [0.05, 0.1) is 35.1 Å². The van der Waals surface area contributed by atoms with Crippen LogP contribution in [-0.2, 0) is 19.2 Å². The molecule has 11 nitrogen and oxygen atoms in total. The molecule has 6 atom stereocenters. The van der Waals surface area contributed by atoms with E-state index in [2.05, 4.69) is 0 Å². The third-order valence-electron chi connectivity index (χ3n) is 10.6. The number of pyridine rings is 1. The van der Waals surface area contributed by atoms with Gasteiger partial charge in [-0.3, -0.25) is 28.8 Å². The van der Waals surface area contributed by atoms with Gasteiger partial charge in [0.2, 0.25) is 0 Å². The minimum atomic E-state index is -1.23. The van der Waals surface area contributed by atoms with E-state index in [0.29, 0.717) is 33.6 Å². The molecule has 6 rings (SSSR count). The van der Waals surface area contributed by atoms with Gasteiger partial charge < -0.3 is 20.4 Å². The molecule has 0 saturated heterocycles. The molecule has 1 heterocycles. The third-order valence-corrected chi connectivity index (χ3v) is 10.6. The number of aliphatic carboxylic acids is 4. The Kier molecular flexibility index (Phi) is 10.4. The van der Waals surface area contributed by atoms with Crippen LogP contribution in [0.2, 0.25) is 0 Å². The monoisotopic (exact) mass is 703 g/mol. The van der Waals surface area contributed by atoms with Crippen LogP contribution < -0.4 is 0 Å². The Morgan fingerprint density at radius 3 is 1.44 bits per heavy atom. The van der Waals surface area contributed by atoms with Crippen LogP contribution in [0.1, 0.15) is 59.2 Å². The van der Waals surface area contributed by atoms with Crippen LogP contribution in [0, 0.1) is 35.5 Å². The molecule has 2 aliphatic rings. The Balaban J connectivity index is 1.32. The fraction of sp³-hybridized carbons (Fsp3) is 0.293. The van der Waals surface area contributed by atoms with Gasteiger partial charge in [0.15, 0.2) is 11.6 Å². The molecule has 0 spiro atoms. The van der Waals surface area contributed by atoms with Crippen LogP contribution in [-0.4, -0.2) is 60.9 Å². The molecule has 0 amide bonds. The first-order valence-electron chi connectivity index (χ1n) is 17.2. The van der Waals surface area contributed by atoms with E-state index < -0.39 is 59.4 Å². The van der Waals surface area contributed by atoms with E-state index in [1.807, 2.05) is 48.5 Å². The van der Waals surface area contributed by atoms with Crippen molar-refractivity contribution in [2.75, 3.05) is 0 Å². The first kappa shape index (κ1) is 35.8. The summed E-state index contributed by atoms with van der Waals surface area (Å²) in [5.74, 6) is -11.0. The van der Waals surface area contributed by atoms with Crippen LogP contribution in [0.4, 0.5) is 0 Å². The third kappa shape index (κ3) is 7.39. The van der Waals surface area contributed by atoms with E-state index in [1.54, 1.807) is 42.5 Å². The molecule has 2 saturated carbocycles. The number of hydrogen-bond acceptors (Lipinski definition) is 7. The van der Waals surface area contributed by atoms with Crippen LogP contribution >= 0.6 is 0 Å². The molecule has 2 fully saturated rings. The zero-order valence-corrected chi connectivity index (χ0v) is 28.1. The van der Waals surface area contributed by atoms with E-state index in [-0.39, 0.29) is 50.1 Å². The quantitative estimate of drug-likeness (QED) is 0.119. The Morgan fingerprint density at radius 2 is 0.942 bits per heavy atom. The number of hydrogen-bond donors (Lipinski definition) is 4. The predicted octanol–water partition coefficient (Wildman–Crippen LogP) is 6.85. The second-order valence-corrected chi connectivity index (χ2v) is 13.6. The van der Waals surface area contributed by atoms with E-state index in [1.165, 1.54) is 0 Å². The Hall–Kier alpha value is -5.97. The second-order valence-electron chi connectivity index (χ2n) is 13.6. The molecule has 6 unspecified atom stereocenters. The summed E-state index contributed by atoms with van der Waals surface area (Å²) < 4.78 is 0. The summed E-state index contributed by atoms with van der Waals surface area (Å²) in [6.45, 7) is 0. The number of aromatic nitrogens is 1. The smallest absolute Gasteiger partial charge is 0.307 e. The number of carboxylic acid groups (broad SMARTS) is 4. The van der Waals surface area contributed by atoms with Crippen LogP contribution in [0.5, 0.6) is 0 Å². The molecular formula is C41H37NO10. The molecule has 4 aromatic rings. The molecule has 0 radical (unpaired) electrons. The van der Waals surface area contributed by atoms with Crippen molar-refractivity contribution in [3.63, 3.8) is 0 Å². The maximum Gasteiger partial charge on any atom is 0.307 e. The van der Waals surface area contributed by atoms with Gasteiger partial charge in [-0.05, 0) is 62.3 Å². The highest BCUT2D eigenvalue weighted by molar-refractivity contribution is 6.01. The summed E-state index contributed by atoms with van der Waals surface area (Å²) in [6.07, 6.45) is 0.599. The molecule has 11 heteroatoms. The highest BCUT2D eigenvalue weighted by Crippen LogP contribution is 2.39. The lowest BCUT2D eigenvalue weighted by atomic mass is 9.71. The molecule has 4 N–H and O–H groups in total. The maximum absolute atomic E-state index is 13.8. The normalized spacial score (nSPS) is 22.9. The molecule has 1 aromatic heterocycles. The number of rotatable bonds is 11. The minimum absolute atomic E-state index is 0.0590. The first-order chi connectivity index (χ1) is 24.9. The lowest BCUT2D eigenvalue weighted by Gasteiger charge is -2.30. The van der Waals surface area contributed by atoms with Crippen LogP contribution in [0.15, 0.2) is 91.0 Å². The summed E-state index contributed by atoms with van der Waals surface area (Å²) in [5.41, 5.74) is 4.73. The topological polar surface area (TPSA) is 196 Å². The SMILES string of the molecule is O=C(c1cccc(-c2ccc(-c3ccccc3)c(-c3cccc(C(=O)C4CCC(C(=O)O)C(C(=O)O)C4)c3)n2)c1)C1CCC(C(=O)O)C(C(=O)O)C1. The fourth-order valence-corrected chi connectivity index (χ4v) is 7.77. The highest BCUT2D eigenvalue weighted by atomic mass is 16.4. The van der Waals surface area contributed by atoms with Crippen molar-refractivity contribution in [3.8, 4) is 33.6 Å². The second kappa shape index (κ2) is 15.1. The first-order valence-corrected chi connectivity index (χ1v) is 17.2. The van der Waals surface area contributed by atoms with Gasteiger partial charge in [-0.2, -0.15) is 0 Å². The molecule has 266 valence electrons. The van der Waals surface area contributed by atoms with Crippen molar-refractivity contribution in [1.29, 1.82) is 0 Å². The van der Waals surface area contributed by atoms with E-state index in [4.69, 9.17) is 4.98 Å². The van der Waals surface area contributed by atoms with Crippen molar-refractivity contribution in [2.24, 2.45) is 35.5 Å². The number of benzene rings is 3. The molecule has 52 heavy (non-hydrogen) atoms. The average molecular weight is 704 g/mol. The Bertz CT molecular complexity index is 2060. The molecule has 2 aliphatic carbocycles. The fourth-order valence-electron chi connectivity index (χ4n) is 7.77. The average Bonchev–Trinajstić information content (AvgIpc) is 3.16.